The van der Waals surface area contributed by atoms with Gasteiger partial charge in [-0.1, -0.05) is 60.1 Å². The van der Waals surface area contributed by atoms with Crippen molar-refractivity contribution in [3.63, 3.8) is 0 Å². The molecule has 0 spiro atoms. The first-order valence-corrected chi connectivity index (χ1v) is 10.0. The number of nitrogens with zero attached hydrogens (tertiary/aromatic N) is 1. The van der Waals surface area contributed by atoms with Crippen LogP contribution >= 0.6 is 11.6 Å². The Morgan fingerprint density at radius 1 is 1.11 bits per heavy atom. The average Bonchev–Trinajstić information content (AvgIpc) is 2.69. The van der Waals surface area contributed by atoms with E-state index in [2.05, 4.69) is 16.3 Å². The van der Waals surface area contributed by atoms with Gasteiger partial charge in [0.2, 0.25) is 5.91 Å². The van der Waals surface area contributed by atoms with Crippen molar-refractivity contribution < 1.29 is 4.79 Å². The monoisotopic (exact) mass is 385 g/mol. The van der Waals surface area contributed by atoms with E-state index in [-0.39, 0.29) is 5.91 Å². The van der Waals surface area contributed by atoms with Gasteiger partial charge >= 0.3 is 0 Å². The summed E-state index contributed by atoms with van der Waals surface area (Å²) in [6.45, 7) is 3.66. The van der Waals surface area contributed by atoms with Crippen LogP contribution in [0.3, 0.4) is 0 Å². The minimum Gasteiger partial charge on any atom is -0.354 e. The molecule has 1 unspecified atom stereocenters. The summed E-state index contributed by atoms with van der Waals surface area (Å²) in [6, 6.07) is 17.4. The number of piperidine rings is 1. The second-order valence-corrected chi connectivity index (χ2v) is 7.76. The summed E-state index contributed by atoms with van der Waals surface area (Å²) in [7, 11) is 0. The molecule has 0 saturated carbocycles. The van der Waals surface area contributed by atoms with Crippen LogP contribution in [0, 0.1) is 5.92 Å². The van der Waals surface area contributed by atoms with Crippen LogP contribution in [0.2, 0.25) is 5.02 Å². The molecule has 3 N–H and O–H groups in total. The van der Waals surface area contributed by atoms with Gasteiger partial charge in [-0.15, -0.1) is 0 Å². The van der Waals surface area contributed by atoms with Gasteiger partial charge < -0.3 is 11.1 Å². The first kappa shape index (κ1) is 19.9. The van der Waals surface area contributed by atoms with Gasteiger partial charge in [0.25, 0.3) is 0 Å². The van der Waals surface area contributed by atoms with Crippen LogP contribution in [0.15, 0.2) is 54.6 Å². The zero-order valence-electron chi connectivity index (χ0n) is 15.6. The molecule has 0 aromatic heterocycles. The zero-order valence-corrected chi connectivity index (χ0v) is 16.4. The molecule has 1 saturated heterocycles. The maximum absolute atomic E-state index is 12.3. The molecular weight excluding hydrogens is 358 g/mol. The Balaban J connectivity index is 1.38. The second kappa shape index (κ2) is 9.88. The van der Waals surface area contributed by atoms with E-state index in [0.29, 0.717) is 18.9 Å². The quantitative estimate of drug-likeness (QED) is 0.769. The van der Waals surface area contributed by atoms with E-state index in [4.69, 9.17) is 17.3 Å². The first-order chi connectivity index (χ1) is 13.1. The largest absolute Gasteiger partial charge is 0.354 e. The highest BCUT2D eigenvalue weighted by Crippen LogP contribution is 2.22. The van der Waals surface area contributed by atoms with E-state index in [0.717, 1.165) is 43.1 Å². The van der Waals surface area contributed by atoms with Crippen LogP contribution in [0.25, 0.3) is 0 Å². The molecule has 3 rings (SSSR count). The molecular formula is C22H28ClN3O. The van der Waals surface area contributed by atoms with Crippen molar-refractivity contribution in [1.82, 2.24) is 10.2 Å². The van der Waals surface area contributed by atoms with Crippen LogP contribution in [-0.2, 0) is 17.8 Å². The number of hydrogen-bond acceptors (Lipinski definition) is 3. The molecule has 1 aliphatic rings. The highest BCUT2D eigenvalue weighted by Gasteiger charge is 2.21. The molecule has 0 aliphatic carbocycles. The Hall–Kier alpha value is -1.88. The number of nitrogens with one attached hydrogen (secondary N) is 1. The Bertz CT molecular complexity index is 729. The lowest BCUT2D eigenvalue weighted by atomic mass is 9.96. The predicted octanol–water partition coefficient (Wildman–Crippen LogP) is 3.24. The lowest BCUT2D eigenvalue weighted by Crippen LogP contribution is -2.45. The van der Waals surface area contributed by atoms with Crippen molar-refractivity contribution in [2.24, 2.45) is 11.7 Å². The topological polar surface area (TPSA) is 58.4 Å². The van der Waals surface area contributed by atoms with Gasteiger partial charge in [-0.3, -0.25) is 9.69 Å². The number of likely N-dealkylation sites (tertiary alicyclic amines) is 1. The predicted molar refractivity (Wildman–Crippen MR) is 111 cm³/mol. The van der Waals surface area contributed by atoms with Crippen molar-refractivity contribution in [1.29, 1.82) is 0 Å². The Morgan fingerprint density at radius 2 is 1.78 bits per heavy atom. The highest BCUT2D eigenvalue weighted by molar-refractivity contribution is 6.31. The number of carbonyl (C=O) groups is 1. The molecule has 2 aromatic rings. The molecule has 27 heavy (non-hydrogen) atoms. The minimum atomic E-state index is -0.493. The van der Waals surface area contributed by atoms with E-state index >= 15 is 0 Å². The third-order valence-electron chi connectivity index (χ3n) is 5.26. The Morgan fingerprint density at radius 3 is 2.48 bits per heavy atom. The summed E-state index contributed by atoms with van der Waals surface area (Å²) < 4.78 is 0. The van der Waals surface area contributed by atoms with Gasteiger partial charge in [0.15, 0.2) is 0 Å². The van der Waals surface area contributed by atoms with E-state index in [1.807, 2.05) is 48.5 Å². The van der Waals surface area contributed by atoms with Crippen molar-refractivity contribution in [2.45, 2.75) is 31.8 Å². The maximum Gasteiger partial charge on any atom is 0.237 e. The molecule has 1 atom stereocenters. The molecule has 1 heterocycles. The molecule has 4 nitrogen and oxygen atoms in total. The summed E-state index contributed by atoms with van der Waals surface area (Å²) in [6.07, 6.45) is 2.74. The van der Waals surface area contributed by atoms with Gasteiger partial charge in [0.05, 0.1) is 6.04 Å². The fourth-order valence-electron chi connectivity index (χ4n) is 3.55. The summed E-state index contributed by atoms with van der Waals surface area (Å²) in [5, 5.41) is 3.88. The maximum atomic E-state index is 12.3. The lowest BCUT2D eigenvalue weighted by molar-refractivity contribution is -0.122. The van der Waals surface area contributed by atoms with Crippen molar-refractivity contribution in [2.75, 3.05) is 19.6 Å². The molecule has 0 radical (unpaired) electrons. The number of carbonyl (C=O) groups excluding carboxylic acids is 1. The van der Waals surface area contributed by atoms with E-state index in [1.165, 1.54) is 5.56 Å². The molecule has 1 amide bonds. The average molecular weight is 386 g/mol. The lowest BCUT2D eigenvalue weighted by Gasteiger charge is -2.32. The van der Waals surface area contributed by atoms with Gasteiger partial charge in [0.1, 0.15) is 0 Å². The first-order valence-electron chi connectivity index (χ1n) is 9.65. The normalized spacial score (nSPS) is 16.8. The third kappa shape index (κ3) is 6.06. The van der Waals surface area contributed by atoms with Crippen LogP contribution in [0.5, 0.6) is 0 Å². The van der Waals surface area contributed by atoms with E-state index in [1.54, 1.807) is 0 Å². The van der Waals surface area contributed by atoms with Gasteiger partial charge in [0, 0.05) is 18.1 Å². The smallest absolute Gasteiger partial charge is 0.237 e. The number of nitrogens with two attached hydrogens (primary N) is 1. The minimum absolute atomic E-state index is 0.0580. The number of hydrogen-bond donors (Lipinski definition) is 2. The van der Waals surface area contributed by atoms with Gasteiger partial charge in [-0.25, -0.2) is 0 Å². The van der Waals surface area contributed by atoms with Gasteiger partial charge in [-0.05, 0) is 55.5 Å². The molecule has 5 heteroatoms. The third-order valence-corrected chi connectivity index (χ3v) is 5.63. The number of benzene rings is 2. The fourth-order valence-corrected chi connectivity index (χ4v) is 3.75. The number of halogens is 1. The second-order valence-electron chi connectivity index (χ2n) is 7.35. The molecule has 1 fully saturated rings. The standard InChI is InChI=1S/C22H28ClN3O/c23-20-9-5-4-8-19(20)16-26-12-10-18(11-13-26)15-25-22(27)21(24)14-17-6-2-1-3-7-17/h1-9,18,21H,10-16,24H2,(H,25,27). The fraction of sp³-hybridized carbons (Fsp3) is 0.409. The van der Waals surface area contributed by atoms with Gasteiger partial charge in [-0.2, -0.15) is 0 Å². The zero-order chi connectivity index (χ0) is 19.1. The Kier molecular flexibility index (Phi) is 7.27. The van der Waals surface area contributed by atoms with Crippen molar-refractivity contribution in [3.05, 3.63) is 70.7 Å². The van der Waals surface area contributed by atoms with Crippen LogP contribution in [0.1, 0.15) is 24.0 Å². The highest BCUT2D eigenvalue weighted by atomic mass is 35.5. The van der Waals surface area contributed by atoms with Crippen molar-refractivity contribution in [3.8, 4) is 0 Å². The van der Waals surface area contributed by atoms with Crippen LogP contribution < -0.4 is 11.1 Å². The van der Waals surface area contributed by atoms with Crippen LogP contribution in [0.4, 0.5) is 0 Å². The van der Waals surface area contributed by atoms with Crippen molar-refractivity contribution >= 4 is 17.5 Å². The molecule has 144 valence electrons. The molecule has 0 bridgehead atoms. The summed E-state index contributed by atoms with van der Waals surface area (Å²) in [4.78, 5) is 14.7. The summed E-state index contributed by atoms with van der Waals surface area (Å²) in [5.74, 6) is 0.456. The molecule has 1 aliphatic heterocycles. The summed E-state index contributed by atoms with van der Waals surface area (Å²) in [5.41, 5.74) is 8.32. The van der Waals surface area contributed by atoms with E-state index < -0.39 is 6.04 Å². The molecule has 2 aromatic carbocycles. The number of rotatable bonds is 7. The van der Waals surface area contributed by atoms with Crippen LogP contribution in [-0.4, -0.2) is 36.5 Å². The van der Waals surface area contributed by atoms with E-state index in [9.17, 15) is 4.79 Å². The summed E-state index contributed by atoms with van der Waals surface area (Å²) >= 11 is 6.26. The number of amides is 1. The Labute approximate surface area is 166 Å². The SMILES string of the molecule is NC(Cc1ccccc1)C(=O)NCC1CCN(Cc2ccccc2Cl)CC1.